The van der Waals surface area contributed by atoms with Gasteiger partial charge >= 0.3 is 5.97 Å². The highest BCUT2D eigenvalue weighted by atomic mass is 19.1. The molecule has 92 valence electrons. The van der Waals surface area contributed by atoms with E-state index in [1.54, 1.807) is 6.07 Å². The van der Waals surface area contributed by atoms with Crippen LogP contribution in [0.1, 0.15) is 18.4 Å². The number of nitrogens with one attached hydrogen (secondary N) is 1. The zero-order valence-electron chi connectivity index (χ0n) is 9.24. The number of nitrogens with zero attached hydrogens (tertiary/aromatic N) is 1. The molecule has 0 unspecified atom stereocenters. The molecule has 1 aromatic rings. The number of amides is 1. The van der Waals surface area contributed by atoms with Crippen molar-refractivity contribution in [1.82, 2.24) is 0 Å². The summed E-state index contributed by atoms with van der Waals surface area (Å²) in [6.45, 7) is 0. The first-order valence-corrected chi connectivity index (χ1v) is 5.24. The van der Waals surface area contributed by atoms with E-state index in [1.807, 2.05) is 0 Å². The molecule has 0 atom stereocenters. The van der Waals surface area contributed by atoms with E-state index in [0.717, 1.165) is 12.1 Å². The van der Waals surface area contributed by atoms with Gasteiger partial charge in [-0.1, -0.05) is 0 Å². The third-order valence-corrected chi connectivity index (χ3v) is 2.94. The first kappa shape index (κ1) is 12.0. The van der Waals surface area contributed by atoms with Gasteiger partial charge in [-0.05, 0) is 31.0 Å². The molecule has 1 saturated carbocycles. The Kier molecular flexibility index (Phi) is 2.75. The number of aliphatic carboxylic acids is 1. The largest absolute Gasteiger partial charge is 0.480 e. The van der Waals surface area contributed by atoms with Crippen LogP contribution < -0.4 is 5.32 Å². The van der Waals surface area contributed by atoms with Crippen LogP contribution in [-0.4, -0.2) is 17.0 Å². The fourth-order valence-corrected chi connectivity index (χ4v) is 1.62. The van der Waals surface area contributed by atoms with Crippen molar-refractivity contribution in [2.45, 2.75) is 12.8 Å². The average Bonchev–Trinajstić information content (AvgIpc) is 3.12. The molecule has 0 saturated heterocycles. The van der Waals surface area contributed by atoms with Crippen molar-refractivity contribution in [2.24, 2.45) is 5.41 Å². The van der Waals surface area contributed by atoms with E-state index in [-0.39, 0.29) is 24.1 Å². The lowest BCUT2D eigenvalue weighted by Gasteiger charge is -2.11. The average molecular weight is 248 g/mol. The van der Waals surface area contributed by atoms with E-state index < -0.39 is 23.1 Å². The van der Waals surface area contributed by atoms with Crippen molar-refractivity contribution in [1.29, 1.82) is 5.26 Å². The summed E-state index contributed by atoms with van der Waals surface area (Å²) in [5.74, 6) is -2.44. The summed E-state index contributed by atoms with van der Waals surface area (Å²) >= 11 is 0. The van der Waals surface area contributed by atoms with Crippen LogP contribution in [-0.2, 0) is 9.59 Å². The van der Waals surface area contributed by atoms with E-state index in [9.17, 15) is 14.0 Å². The molecule has 0 radical (unpaired) electrons. The van der Waals surface area contributed by atoms with Gasteiger partial charge in [0.05, 0.1) is 11.3 Å². The van der Waals surface area contributed by atoms with Gasteiger partial charge in [0, 0.05) is 0 Å². The van der Waals surface area contributed by atoms with Crippen molar-refractivity contribution in [3.8, 4) is 6.07 Å². The fraction of sp³-hybridized carbons (Fsp3) is 0.250. The van der Waals surface area contributed by atoms with Gasteiger partial charge in [0.2, 0.25) is 5.91 Å². The summed E-state index contributed by atoms with van der Waals surface area (Å²) < 4.78 is 12.9. The minimum atomic E-state index is -1.39. The number of carboxylic acids is 1. The lowest BCUT2D eigenvalue weighted by atomic mass is 10.1. The zero-order valence-corrected chi connectivity index (χ0v) is 9.24. The summed E-state index contributed by atoms with van der Waals surface area (Å²) in [6.07, 6.45) is 0.550. The molecule has 2 rings (SSSR count). The van der Waals surface area contributed by atoms with Crippen LogP contribution in [0, 0.1) is 22.6 Å². The van der Waals surface area contributed by atoms with Crippen LogP contribution >= 0.6 is 0 Å². The van der Waals surface area contributed by atoms with Gasteiger partial charge < -0.3 is 10.4 Å². The number of halogens is 1. The number of hydrogen-bond donors (Lipinski definition) is 2. The quantitative estimate of drug-likeness (QED) is 0.793. The number of carbonyl (C=O) groups excluding carboxylic acids is 1. The molecule has 6 heteroatoms. The van der Waals surface area contributed by atoms with E-state index in [1.165, 1.54) is 6.07 Å². The zero-order chi connectivity index (χ0) is 13.3. The van der Waals surface area contributed by atoms with E-state index in [4.69, 9.17) is 10.4 Å². The normalized spacial score (nSPS) is 15.6. The number of benzene rings is 1. The molecule has 0 aliphatic heterocycles. The summed E-state index contributed by atoms with van der Waals surface area (Å²) in [7, 11) is 0. The van der Waals surface area contributed by atoms with Gasteiger partial charge in [-0.3, -0.25) is 9.59 Å². The Morgan fingerprint density at radius 1 is 1.44 bits per heavy atom. The Bertz CT molecular complexity index is 573. The summed E-state index contributed by atoms with van der Waals surface area (Å²) in [5.41, 5.74) is -1.30. The van der Waals surface area contributed by atoms with Crippen LogP contribution in [0.3, 0.4) is 0 Å². The standard InChI is InChI=1S/C12H9FN2O3/c13-8-1-2-9(7(5-8)6-14)15-10(16)12(3-4-12)11(17)18/h1-2,5H,3-4H2,(H,15,16)(H,17,18). The number of hydrogen-bond acceptors (Lipinski definition) is 3. The monoisotopic (exact) mass is 248 g/mol. The van der Waals surface area contributed by atoms with Gasteiger partial charge in [0.15, 0.2) is 0 Å². The predicted molar refractivity (Wildman–Crippen MR) is 59.0 cm³/mol. The third kappa shape index (κ3) is 1.91. The number of anilines is 1. The SMILES string of the molecule is N#Cc1cc(F)ccc1NC(=O)C1(C(=O)O)CC1. The smallest absolute Gasteiger partial charge is 0.319 e. The molecule has 1 aliphatic carbocycles. The van der Waals surface area contributed by atoms with Crippen molar-refractivity contribution in [2.75, 3.05) is 5.32 Å². The highest BCUT2D eigenvalue weighted by Crippen LogP contribution is 2.46. The van der Waals surface area contributed by atoms with Crippen LogP contribution in [0.5, 0.6) is 0 Å². The minimum Gasteiger partial charge on any atom is -0.480 e. The van der Waals surface area contributed by atoms with Crippen molar-refractivity contribution in [3.05, 3.63) is 29.6 Å². The Hall–Kier alpha value is -2.42. The summed E-state index contributed by atoms with van der Waals surface area (Å²) in [4.78, 5) is 22.7. The second-order valence-electron chi connectivity index (χ2n) is 4.14. The fourth-order valence-electron chi connectivity index (χ4n) is 1.62. The van der Waals surface area contributed by atoms with Crippen molar-refractivity contribution < 1.29 is 19.1 Å². The van der Waals surface area contributed by atoms with Crippen LogP contribution in [0.2, 0.25) is 0 Å². The molecule has 0 spiro atoms. The Balaban J connectivity index is 2.23. The maximum Gasteiger partial charge on any atom is 0.319 e. The van der Waals surface area contributed by atoms with E-state index in [0.29, 0.717) is 0 Å². The summed E-state index contributed by atoms with van der Waals surface area (Å²) in [6, 6.07) is 5.06. The molecule has 0 bridgehead atoms. The Labute approximate surface area is 102 Å². The number of rotatable bonds is 3. The highest BCUT2D eigenvalue weighted by molar-refractivity contribution is 6.11. The lowest BCUT2D eigenvalue weighted by molar-refractivity contribution is -0.147. The predicted octanol–water partition coefficient (Wildman–Crippen LogP) is 1.50. The number of carbonyl (C=O) groups is 2. The molecular formula is C12H9FN2O3. The number of carboxylic acid groups (broad SMARTS) is 1. The Morgan fingerprint density at radius 2 is 2.11 bits per heavy atom. The van der Waals surface area contributed by atoms with Gasteiger partial charge in [-0.25, -0.2) is 4.39 Å². The minimum absolute atomic E-state index is 0.0375. The topological polar surface area (TPSA) is 90.2 Å². The molecule has 1 amide bonds. The van der Waals surface area contributed by atoms with Gasteiger partial charge in [-0.2, -0.15) is 5.26 Å². The second kappa shape index (κ2) is 4.11. The highest BCUT2D eigenvalue weighted by Gasteiger charge is 2.57. The lowest BCUT2D eigenvalue weighted by Crippen LogP contribution is -2.31. The molecule has 18 heavy (non-hydrogen) atoms. The van der Waals surface area contributed by atoms with Gasteiger partial charge in [0.25, 0.3) is 0 Å². The second-order valence-corrected chi connectivity index (χ2v) is 4.14. The van der Waals surface area contributed by atoms with Crippen LogP contribution in [0.15, 0.2) is 18.2 Å². The molecule has 0 heterocycles. The number of nitriles is 1. The van der Waals surface area contributed by atoms with Crippen molar-refractivity contribution in [3.63, 3.8) is 0 Å². The van der Waals surface area contributed by atoms with Crippen LogP contribution in [0.25, 0.3) is 0 Å². The van der Waals surface area contributed by atoms with E-state index in [2.05, 4.69) is 5.32 Å². The maximum atomic E-state index is 12.9. The third-order valence-electron chi connectivity index (χ3n) is 2.94. The molecule has 1 aliphatic rings. The van der Waals surface area contributed by atoms with Gasteiger partial charge in [-0.15, -0.1) is 0 Å². The van der Waals surface area contributed by atoms with Crippen LogP contribution in [0.4, 0.5) is 10.1 Å². The summed E-state index contributed by atoms with van der Waals surface area (Å²) in [5, 5.41) is 20.1. The Morgan fingerprint density at radius 3 is 2.61 bits per heavy atom. The van der Waals surface area contributed by atoms with Crippen molar-refractivity contribution >= 4 is 17.6 Å². The molecule has 5 nitrogen and oxygen atoms in total. The maximum absolute atomic E-state index is 12.9. The molecule has 0 aromatic heterocycles. The van der Waals surface area contributed by atoms with E-state index >= 15 is 0 Å². The molecular weight excluding hydrogens is 239 g/mol. The first-order chi connectivity index (χ1) is 8.49. The molecule has 1 aromatic carbocycles. The molecule has 1 fully saturated rings. The first-order valence-electron chi connectivity index (χ1n) is 5.24. The van der Waals surface area contributed by atoms with Gasteiger partial charge in [0.1, 0.15) is 17.3 Å². The molecule has 2 N–H and O–H groups in total.